The van der Waals surface area contributed by atoms with Crippen LogP contribution >= 0.6 is 0 Å². The molecule has 0 aromatic heterocycles. The summed E-state index contributed by atoms with van der Waals surface area (Å²) in [7, 11) is 0. The molecule has 0 radical (unpaired) electrons. The zero-order valence-corrected chi connectivity index (χ0v) is 15.2. The van der Waals surface area contributed by atoms with Crippen molar-refractivity contribution in [2.45, 2.75) is 6.04 Å². The highest BCUT2D eigenvalue weighted by atomic mass is 19.1. The first-order chi connectivity index (χ1) is 13.6. The number of likely N-dealkylation sites (tertiary alicyclic amines) is 1. The Hall–Kier alpha value is -2.93. The average molecular weight is 381 g/mol. The fourth-order valence-electron chi connectivity index (χ4n) is 4.62. The second kappa shape index (κ2) is 6.60. The molecule has 2 aromatic carbocycles. The van der Waals surface area contributed by atoms with Crippen molar-refractivity contribution in [3.8, 4) is 5.75 Å². The zero-order valence-electron chi connectivity index (χ0n) is 15.2. The van der Waals surface area contributed by atoms with Crippen LogP contribution in [0.15, 0.2) is 42.5 Å². The lowest BCUT2D eigenvalue weighted by atomic mass is 9.89. The Balaban J connectivity index is 1.48. The molecule has 2 N–H and O–H groups in total. The van der Waals surface area contributed by atoms with Gasteiger partial charge in [-0.3, -0.25) is 9.59 Å². The third kappa shape index (κ3) is 2.82. The number of amides is 2. The summed E-state index contributed by atoms with van der Waals surface area (Å²) in [5, 5.41) is 6.12. The maximum atomic E-state index is 13.9. The Bertz CT molecular complexity index is 964. The van der Waals surface area contributed by atoms with E-state index in [1.54, 1.807) is 24.3 Å². The summed E-state index contributed by atoms with van der Waals surface area (Å²) >= 11 is 0. The standard InChI is InChI=1S/C21H20FN3O3/c22-15-3-1-2-12(6-15)20-16-9-23-8-14(16)10-25(20)21(27)13-4-5-17-18(7-13)28-11-19(26)24-17/h1-7,14,16,20,23H,8-11H2,(H,24,26)/t14-,16-,20+/m0/s1. The highest BCUT2D eigenvalue weighted by Crippen LogP contribution is 2.43. The number of benzene rings is 2. The van der Waals surface area contributed by atoms with Gasteiger partial charge in [0.15, 0.2) is 6.61 Å². The van der Waals surface area contributed by atoms with Crippen LogP contribution in [-0.2, 0) is 4.79 Å². The van der Waals surface area contributed by atoms with E-state index in [1.807, 2.05) is 11.0 Å². The van der Waals surface area contributed by atoms with Gasteiger partial charge in [-0.2, -0.15) is 0 Å². The van der Waals surface area contributed by atoms with Gasteiger partial charge < -0.3 is 20.3 Å². The number of nitrogens with one attached hydrogen (secondary N) is 2. The molecule has 0 spiro atoms. The lowest BCUT2D eigenvalue weighted by Crippen LogP contribution is -2.35. The molecule has 3 heterocycles. The van der Waals surface area contributed by atoms with Gasteiger partial charge >= 0.3 is 0 Å². The minimum absolute atomic E-state index is 0.0594. The van der Waals surface area contributed by atoms with Crippen molar-refractivity contribution in [2.75, 3.05) is 31.6 Å². The van der Waals surface area contributed by atoms with Crippen molar-refractivity contribution in [3.05, 3.63) is 59.4 Å². The smallest absolute Gasteiger partial charge is 0.262 e. The number of ether oxygens (including phenoxy) is 1. The number of carbonyl (C=O) groups is 2. The number of carbonyl (C=O) groups excluding carboxylic acids is 2. The number of rotatable bonds is 2. The molecular formula is C21H20FN3O3. The van der Waals surface area contributed by atoms with Crippen LogP contribution in [0.2, 0.25) is 0 Å². The van der Waals surface area contributed by atoms with Gasteiger partial charge in [-0.1, -0.05) is 12.1 Å². The summed E-state index contributed by atoms with van der Waals surface area (Å²) < 4.78 is 19.3. The Labute approximate surface area is 161 Å². The zero-order chi connectivity index (χ0) is 19.3. The molecule has 3 atom stereocenters. The number of anilines is 1. The molecule has 0 bridgehead atoms. The molecule has 2 aromatic rings. The normalized spacial score (nSPS) is 25.7. The van der Waals surface area contributed by atoms with Crippen molar-refractivity contribution in [1.82, 2.24) is 10.2 Å². The molecule has 7 heteroatoms. The number of fused-ring (bicyclic) bond motifs is 2. The molecule has 144 valence electrons. The third-order valence-corrected chi connectivity index (χ3v) is 5.88. The van der Waals surface area contributed by atoms with Crippen molar-refractivity contribution in [2.24, 2.45) is 11.8 Å². The summed E-state index contributed by atoms with van der Waals surface area (Å²) in [4.78, 5) is 26.7. The second-order valence-electron chi connectivity index (χ2n) is 7.59. The Morgan fingerprint density at radius 2 is 2.07 bits per heavy atom. The Morgan fingerprint density at radius 3 is 2.93 bits per heavy atom. The molecule has 3 aliphatic heterocycles. The maximum Gasteiger partial charge on any atom is 0.262 e. The van der Waals surface area contributed by atoms with E-state index in [1.165, 1.54) is 12.1 Å². The van der Waals surface area contributed by atoms with E-state index in [0.29, 0.717) is 29.5 Å². The summed E-state index contributed by atoms with van der Waals surface area (Å²) in [6, 6.07) is 11.4. The van der Waals surface area contributed by atoms with Crippen molar-refractivity contribution < 1.29 is 18.7 Å². The highest BCUT2D eigenvalue weighted by molar-refractivity contribution is 5.99. The lowest BCUT2D eigenvalue weighted by Gasteiger charge is -2.29. The second-order valence-corrected chi connectivity index (χ2v) is 7.59. The molecule has 6 nitrogen and oxygen atoms in total. The van der Waals surface area contributed by atoms with Crippen molar-refractivity contribution in [3.63, 3.8) is 0 Å². The molecule has 2 amide bonds. The van der Waals surface area contributed by atoms with E-state index < -0.39 is 0 Å². The van der Waals surface area contributed by atoms with Crippen LogP contribution in [0, 0.1) is 17.7 Å². The number of hydrogen-bond donors (Lipinski definition) is 2. The predicted octanol–water partition coefficient (Wildman–Crippen LogP) is 2.19. The van der Waals surface area contributed by atoms with Gasteiger partial charge in [-0.25, -0.2) is 4.39 Å². The van der Waals surface area contributed by atoms with Crippen molar-refractivity contribution in [1.29, 1.82) is 0 Å². The maximum absolute atomic E-state index is 13.9. The minimum atomic E-state index is -0.294. The first-order valence-electron chi connectivity index (χ1n) is 9.44. The van der Waals surface area contributed by atoms with Crippen LogP contribution in [0.1, 0.15) is 22.0 Å². The highest BCUT2D eigenvalue weighted by Gasteiger charge is 2.47. The van der Waals surface area contributed by atoms with Gasteiger partial charge in [-0.15, -0.1) is 0 Å². The van der Waals surface area contributed by atoms with Crippen LogP contribution in [-0.4, -0.2) is 43.0 Å². The molecule has 28 heavy (non-hydrogen) atoms. The topological polar surface area (TPSA) is 70.7 Å². The number of hydrogen-bond acceptors (Lipinski definition) is 4. The predicted molar refractivity (Wildman–Crippen MR) is 101 cm³/mol. The summed E-state index contributed by atoms with van der Waals surface area (Å²) in [6.07, 6.45) is 0. The van der Waals surface area contributed by atoms with E-state index >= 15 is 0 Å². The first-order valence-corrected chi connectivity index (χ1v) is 9.44. The molecule has 0 unspecified atom stereocenters. The average Bonchev–Trinajstić information content (AvgIpc) is 3.28. The van der Waals surface area contributed by atoms with Gasteiger partial charge in [0.05, 0.1) is 11.7 Å². The molecule has 2 fully saturated rings. The van der Waals surface area contributed by atoms with Gasteiger partial charge in [0.1, 0.15) is 11.6 Å². The van der Waals surface area contributed by atoms with E-state index in [-0.39, 0.29) is 36.2 Å². The van der Waals surface area contributed by atoms with Gasteiger partial charge in [0.2, 0.25) is 0 Å². The SMILES string of the molecule is O=C1COc2cc(C(=O)N3C[C@@H]4CNC[C@@H]4[C@H]3c3cccc(F)c3)ccc2N1. The number of nitrogens with zero attached hydrogens (tertiary/aromatic N) is 1. The monoisotopic (exact) mass is 381 g/mol. The minimum Gasteiger partial charge on any atom is -0.482 e. The molecule has 2 saturated heterocycles. The van der Waals surface area contributed by atoms with Gasteiger partial charge in [0.25, 0.3) is 11.8 Å². The van der Waals surface area contributed by atoms with Crippen LogP contribution < -0.4 is 15.4 Å². The molecule has 3 aliphatic rings. The van der Waals surface area contributed by atoms with Crippen LogP contribution in [0.5, 0.6) is 5.75 Å². The lowest BCUT2D eigenvalue weighted by molar-refractivity contribution is -0.118. The van der Waals surface area contributed by atoms with Gasteiger partial charge in [-0.05, 0) is 41.8 Å². The Morgan fingerprint density at radius 1 is 1.18 bits per heavy atom. The summed E-state index contributed by atoms with van der Waals surface area (Å²) in [5.74, 6) is 0.500. The van der Waals surface area contributed by atoms with Gasteiger partial charge in [0, 0.05) is 31.1 Å². The summed E-state index contributed by atoms with van der Waals surface area (Å²) in [6.45, 7) is 2.25. The van der Waals surface area contributed by atoms with Crippen LogP contribution in [0.25, 0.3) is 0 Å². The largest absolute Gasteiger partial charge is 0.482 e. The van der Waals surface area contributed by atoms with Crippen LogP contribution in [0.4, 0.5) is 10.1 Å². The molecule has 0 saturated carbocycles. The van der Waals surface area contributed by atoms with E-state index in [4.69, 9.17) is 4.74 Å². The quantitative estimate of drug-likeness (QED) is 0.837. The van der Waals surface area contributed by atoms with E-state index in [0.717, 1.165) is 18.7 Å². The fraction of sp³-hybridized carbons (Fsp3) is 0.333. The molecular weight excluding hydrogens is 361 g/mol. The first kappa shape index (κ1) is 17.2. The van der Waals surface area contributed by atoms with Crippen LogP contribution in [0.3, 0.4) is 0 Å². The van der Waals surface area contributed by atoms with E-state index in [2.05, 4.69) is 10.6 Å². The molecule has 0 aliphatic carbocycles. The third-order valence-electron chi connectivity index (χ3n) is 5.88. The van der Waals surface area contributed by atoms with Crippen molar-refractivity contribution >= 4 is 17.5 Å². The Kier molecular flexibility index (Phi) is 4.05. The molecule has 5 rings (SSSR count). The summed E-state index contributed by atoms with van der Waals surface area (Å²) in [5.41, 5.74) is 1.90. The number of halogens is 1. The van der Waals surface area contributed by atoms with E-state index in [9.17, 15) is 14.0 Å². The fourth-order valence-corrected chi connectivity index (χ4v) is 4.62.